The van der Waals surface area contributed by atoms with Gasteiger partial charge in [0.15, 0.2) is 0 Å². The highest BCUT2D eigenvalue weighted by Gasteiger charge is 2.29. The van der Waals surface area contributed by atoms with E-state index in [4.69, 9.17) is 5.73 Å². The second-order valence-electron chi connectivity index (χ2n) is 7.87. The molecule has 0 spiro atoms. The van der Waals surface area contributed by atoms with E-state index in [2.05, 4.69) is 19.2 Å². The van der Waals surface area contributed by atoms with Crippen molar-refractivity contribution in [3.05, 3.63) is 29.8 Å². The minimum absolute atomic E-state index is 0. The second kappa shape index (κ2) is 11.1. The third kappa shape index (κ3) is 6.44. The summed E-state index contributed by atoms with van der Waals surface area (Å²) < 4.78 is 27.2. The molecule has 0 heterocycles. The van der Waals surface area contributed by atoms with Crippen LogP contribution in [0.5, 0.6) is 0 Å². The van der Waals surface area contributed by atoms with Crippen LogP contribution in [0.3, 0.4) is 0 Å². The zero-order chi connectivity index (χ0) is 20.0. The molecule has 6 nitrogen and oxygen atoms in total. The van der Waals surface area contributed by atoms with E-state index in [1.807, 2.05) is 0 Å². The maximum Gasteiger partial charge on any atom is 0.251 e. The van der Waals surface area contributed by atoms with Crippen LogP contribution in [-0.2, 0) is 10.0 Å². The van der Waals surface area contributed by atoms with E-state index in [1.165, 1.54) is 22.9 Å². The summed E-state index contributed by atoms with van der Waals surface area (Å²) in [4.78, 5) is 12.6. The van der Waals surface area contributed by atoms with Crippen molar-refractivity contribution >= 4 is 28.3 Å². The Labute approximate surface area is 175 Å². The molecule has 3 N–H and O–H groups in total. The van der Waals surface area contributed by atoms with Crippen LogP contribution in [-0.4, -0.2) is 44.3 Å². The van der Waals surface area contributed by atoms with Crippen LogP contribution in [0.25, 0.3) is 0 Å². The van der Waals surface area contributed by atoms with E-state index in [9.17, 15) is 13.2 Å². The average molecular weight is 432 g/mol. The topological polar surface area (TPSA) is 92.5 Å². The summed E-state index contributed by atoms with van der Waals surface area (Å²) in [6, 6.07) is 6.15. The van der Waals surface area contributed by atoms with Gasteiger partial charge in [0.05, 0.1) is 4.90 Å². The minimum atomic E-state index is -3.54. The third-order valence-electron chi connectivity index (χ3n) is 5.26. The number of sulfonamides is 1. The predicted octanol–water partition coefficient (Wildman–Crippen LogP) is 3.16. The molecule has 1 aliphatic rings. The largest absolute Gasteiger partial charge is 0.348 e. The molecule has 1 aliphatic carbocycles. The molecule has 160 valence electrons. The fourth-order valence-corrected chi connectivity index (χ4v) is 5.05. The number of nitrogens with zero attached hydrogens (tertiary/aromatic N) is 1. The van der Waals surface area contributed by atoms with Crippen LogP contribution in [0.1, 0.15) is 62.7 Å². The molecule has 8 heteroatoms. The first kappa shape index (κ1) is 24.9. The number of carbonyl (C=O) groups excluding carboxylic acids is 1. The van der Waals surface area contributed by atoms with Crippen molar-refractivity contribution in [3.63, 3.8) is 0 Å². The van der Waals surface area contributed by atoms with Gasteiger partial charge in [-0.2, -0.15) is 4.31 Å². The Morgan fingerprint density at radius 2 is 1.75 bits per heavy atom. The number of carbonyl (C=O) groups is 1. The summed E-state index contributed by atoms with van der Waals surface area (Å²) >= 11 is 0. The van der Waals surface area contributed by atoms with Gasteiger partial charge in [-0.25, -0.2) is 8.42 Å². The van der Waals surface area contributed by atoms with E-state index < -0.39 is 10.0 Å². The Morgan fingerprint density at radius 1 is 1.18 bits per heavy atom. The van der Waals surface area contributed by atoms with Gasteiger partial charge in [0.2, 0.25) is 10.0 Å². The number of hydrogen-bond acceptors (Lipinski definition) is 4. The molecule has 1 aromatic rings. The smallest absolute Gasteiger partial charge is 0.251 e. The maximum atomic E-state index is 12.9. The molecule has 0 radical (unpaired) electrons. The lowest BCUT2D eigenvalue weighted by atomic mass is 9.96. The quantitative estimate of drug-likeness (QED) is 0.661. The number of amides is 1. The molecule has 1 fully saturated rings. The molecule has 1 aromatic carbocycles. The summed E-state index contributed by atoms with van der Waals surface area (Å²) in [5, 5.41) is 2.92. The van der Waals surface area contributed by atoms with Crippen LogP contribution in [0.4, 0.5) is 0 Å². The van der Waals surface area contributed by atoms with E-state index in [0.717, 1.165) is 32.1 Å². The van der Waals surface area contributed by atoms with E-state index in [1.54, 1.807) is 19.2 Å². The Hall–Kier alpha value is -1.15. The lowest BCUT2D eigenvalue weighted by molar-refractivity contribution is 0.0933. The second-order valence-corrected chi connectivity index (χ2v) is 9.87. The first-order valence-corrected chi connectivity index (χ1v) is 11.3. The summed E-state index contributed by atoms with van der Waals surface area (Å²) in [6.07, 6.45) is 5.94. The van der Waals surface area contributed by atoms with Gasteiger partial charge in [-0.05, 0) is 49.4 Å². The van der Waals surface area contributed by atoms with Crippen molar-refractivity contribution in [2.75, 3.05) is 13.6 Å². The number of benzene rings is 1. The Balaban J connectivity index is 0.00000392. The van der Waals surface area contributed by atoms with Crippen molar-refractivity contribution in [1.82, 2.24) is 9.62 Å². The molecule has 1 atom stereocenters. The van der Waals surface area contributed by atoms with Crippen molar-refractivity contribution < 1.29 is 13.2 Å². The fraction of sp³-hybridized carbons (Fsp3) is 0.650. The minimum Gasteiger partial charge on any atom is -0.348 e. The summed E-state index contributed by atoms with van der Waals surface area (Å²) in [5.41, 5.74) is 6.17. The number of rotatable bonds is 8. The van der Waals surface area contributed by atoms with Crippen LogP contribution >= 0.6 is 12.4 Å². The zero-order valence-electron chi connectivity index (χ0n) is 17.1. The third-order valence-corrected chi connectivity index (χ3v) is 7.18. The van der Waals surface area contributed by atoms with Gasteiger partial charge < -0.3 is 11.1 Å². The number of nitrogens with two attached hydrogens (primary N) is 1. The number of halogens is 1. The molecule has 1 unspecified atom stereocenters. The zero-order valence-corrected chi connectivity index (χ0v) is 18.7. The molecule has 0 aliphatic heterocycles. The predicted molar refractivity (Wildman–Crippen MR) is 115 cm³/mol. The van der Waals surface area contributed by atoms with Gasteiger partial charge in [0.1, 0.15) is 0 Å². The molecule has 2 rings (SSSR count). The highest BCUT2D eigenvalue weighted by molar-refractivity contribution is 7.89. The van der Waals surface area contributed by atoms with Crippen LogP contribution < -0.4 is 11.1 Å². The molecule has 1 amide bonds. The standard InChI is InChI=1S/C20H33N3O3S.ClH/c1-15(2)13-17(14-21)22-20(24)16-9-11-19(12-10-16)27(25,26)23(3)18-7-5-4-6-8-18;/h9-12,15,17-18H,4-8,13-14,21H2,1-3H3,(H,22,24);1H. The van der Waals surface area contributed by atoms with Crippen molar-refractivity contribution in [3.8, 4) is 0 Å². The van der Waals surface area contributed by atoms with Gasteiger partial charge in [0, 0.05) is 31.2 Å². The molecule has 0 bridgehead atoms. The Bertz CT molecular complexity index is 717. The molecule has 0 aromatic heterocycles. The van der Waals surface area contributed by atoms with E-state index in [0.29, 0.717) is 18.0 Å². The van der Waals surface area contributed by atoms with Gasteiger partial charge in [0.25, 0.3) is 5.91 Å². The van der Waals surface area contributed by atoms with E-state index >= 15 is 0 Å². The van der Waals surface area contributed by atoms with Crippen molar-refractivity contribution in [1.29, 1.82) is 0 Å². The summed E-state index contributed by atoms with van der Waals surface area (Å²) in [5.74, 6) is 0.206. The first-order chi connectivity index (χ1) is 12.8. The normalized spacial score (nSPS) is 16.6. The van der Waals surface area contributed by atoms with Gasteiger partial charge >= 0.3 is 0 Å². The molecule has 0 saturated heterocycles. The van der Waals surface area contributed by atoms with Crippen LogP contribution in [0.2, 0.25) is 0 Å². The average Bonchev–Trinajstić information content (AvgIpc) is 2.67. The number of nitrogens with one attached hydrogen (secondary N) is 1. The van der Waals surface area contributed by atoms with Crippen LogP contribution in [0, 0.1) is 5.92 Å². The Morgan fingerprint density at radius 3 is 2.25 bits per heavy atom. The molecule has 1 saturated carbocycles. The molecular formula is C20H34ClN3O3S. The molecular weight excluding hydrogens is 398 g/mol. The first-order valence-electron chi connectivity index (χ1n) is 9.84. The van der Waals surface area contributed by atoms with Crippen molar-refractivity contribution in [2.45, 2.75) is 69.4 Å². The van der Waals surface area contributed by atoms with Gasteiger partial charge in [-0.1, -0.05) is 33.1 Å². The van der Waals surface area contributed by atoms with Crippen LogP contribution in [0.15, 0.2) is 29.2 Å². The van der Waals surface area contributed by atoms with Gasteiger partial charge in [-0.15, -0.1) is 12.4 Å². The SMILES string of the molecule is CC(C)CC(CN)NC(=O)c1ccc(S(=O)(=O)N(C)C2CCCCC2)cc1.Cl. The lowest BCUT2D eigenvalue weighted by Gasteiger charge is -2.30. The maximum absolute atomic E-state index is 12.9. The fourth-order valence-electron chi connectivity index (χ4n) is 3.64. The van der Waals surface area contributed by atoms with Gasteiger partial charge in [-0.3, -0.25) is 4.79 Å². The molecule has 28 heavy (non-hydrogen) atoms. The van der Waals surface area contributed by atoms with Crippen molar-refractivity contribution in [2.24, 2.45) is 11.7 Å². The lowest BCUT2D eigenvalue weighted by Crippen LogP contribution is -2.41. The number of hydrogen-bond donors (Lipinski definition) is 2. The highest BCUT2D eigenvalue weighted by Crippen LogP contribution is 2.26. The monoisotopic (exact) mass is 431 g/mol. The highest BCUT2D eigenvalue weighted by atomic mass is 35.5. The Kier molecular flexibility index (Phi) is 9.90. The summed E-state index contributed by atoms with van der Waals surface area (Å²) in [6.45, 7) is 4.54. The van der Waals surface area contributed by atoms with E-state index in [-0.39, 0.29) is 35.3 Å². The summed E-state index contributed by atoms with van der Waals surface area (Å²) in [7, 11) is -1.89.